The molecular formula is C24H21N3O. The number of hydrogen-bond donors (Lipinski definition) is 1. The maximum absolute atomic E-state index is 12.1. The van der Waals surface area contributed by atoms with Crippen molar-refractivity contribution in [2.45, 2.75) is 13.5 Å². The number of nitrogens with one attached hydrogen (secondary N) is 1. The van der Waals surface area contributed by atoms with Gasteiger partial charge >= 0.3 is 0 Å². The van der Waals surface area contributed by atoms with Crippen molar-refractivity contribution in [1.29, 1.82) is 0 Å². The zero-order valence-corrected chi connectivity index (χ0v) is 15.7. The molecule has 0 bridgehead atoms. The average Bonchev–Trinajstić information content (AvgIpc) is 3.14. The fourth-order valence-electron chi connectivity index (χ4n) is 3.05. The average molecular weight is 367 g/mol. The monoisotopic (exact) mass is 367 g/mol. The lowest BCUT2D eigenvalue weighted by molar-refractivity contribution is -0.116. The van der Waals surface area contributed by atoms with Gasteiger partial charge in [0.2, 0.25) is 5.91 Å². The number of amides is 1. The smallest absolute Gasteiger partial charge is 0.244 e. The lowest BCUT2D eigenvalue weighted by Crippen LogP contribution is -2.20. The van der Waals surface area contributed by atoms with Crippen molar-refractivity contribution >= 4 is 17.6 Å². The van der Waals surface area contributed by atoms with Crippen LogP contribution in [0, 0.1) is 6.92 Å². The van der Waals surface area contributed by atoms with Gasteiger partial charge in [0.1, 0.15) is 5.65 Å². The highest BCUT2D eigenvalue weighted by Crippen LogP contribution is 2.19. The zero-order chi connectivity index (χ0) is 19.3. The second kappa shape index (κ2) is 7.92. The first kappa shape index (κ1) is 17.7. The summed E-state index contributed by atoms with van der Waals surface area (Å²) < 4.78 is 1.96. The van der Waals surface area contributed by atoms with Crippen molar-refractivity contribution in [3.8, 4) is 11.1 Å². The summed E-state index contributed by atoms with van der Waals surface area (Å²) in [6, 6.07) is 22.4. The third kappa shape index (κ3) is 4.18. The Hall–Kier alpha value is -3.66. The standard InChI is InChI=1S/C24H21N3O/c1-18-13-14-27-17-22(26-23(27)15-18)16-25-24(28)12-9-19-7-10-21(11-8-19)20-5-3-2-4-6-20/h2-15,17H,16H2,1H3,(H,25,28)/b12-9+. The minimum absolute atomic E-state index is 0.139. The van der Waals surface area contributed by atoms with E-state index in [0.717, 1.165) is 28.0 Å². The number of rotatable bonds is 5. The van der Waals surface area contributed by atoms with Crippen molar-refractivity contribution in [1.82, 2.24) is 14.7 Å². The van der Waals surface area contributed by atoms with Crippen LogP contribution in [0.3, 0.4) is 0 Å². The van der Waals surface area contributed by atoms with Crippen LogP contribution in [0.4, 0.5) is 0 Å². The van der Waals surface area contributed by atoms with Gasteiger partial charge in [-0.1, -0.05) is 54.6 Å². The summed E-state index contributed by atoms with van der Waals surface area (Å²) in [6.07, 6.45) is 7.28. The lowest BCUT2D eigenvalue weighted by atomic mass is 10.0. The van der Waals surface area contributed by atoms with E-state index in [1.54, 1.807) is 6.08 Å². The Labute approximate surface area is 164 Å². The molecule has 2 aromatic carbocycles. The molecule has 0 aliphatic rings. The van der Waals surface area contributed by atoms with E-state index in [4.69, 9.17) is 0 Å². The highest BCUT2D eigenvalue weighted by Gasteiger charge is 2.03. The quantitative estimate of drug-likeness (QED) is 0.522. The van der Waals surface area contributed by atoms with Crippen molar-refractivity contribution in [2.75, 3.05) is 0 Å². The van der Waals surface area contributed by atoms with E-state index >= 15 is 0 Å². The van der Waals surface area contributed by atoms with E-state index in [1.165, 1.54) is 5.56 Å². The molecule has 2 heterocycles. The van der Waals surface area contributed by atoms with Crippen LogP contribution in [0.25, 0.3) is 22.9 Å². The molecule has 2 aromatic heterocycles. The van der Waals surface area contributed by atoms with Crippen LogP contribution < -0.4 is 5.32 Å². The Morgan fingerprint density at radius 2 is 1.79 bits per heavy atom. The fourth-order valence-corrected chi connectivity index (χ4v) is 3.05. The molecule has 0 fully saturated rings. The summed E-state index contributed by atoms with van der Waals surface area (Å²) >= 11 is 0. The second-order valence-corrected chi connectivity index (χ2v) is 6.74. The van der Waals surface area contributed by atoms with Crippen LogP contribution in [0.2, 0.25) is 0 Å². The Morgan fingerprint density at radius 1 is 1.04 bits per heavy atom. The van der Waals surface area contributed by atoms with Crippen LogP contribution in [-0.2, 0) is 11.3 Å². The van der Waals surface area contributed by atoms with Gasteiger partial charge in [-0.3, -0.25) is 4.79 Å². The molecule has 0 unspecified atom stereocenters. The summed E-state index contributed by atoms with van der Waals surface area (Å²) in [5, 5.41) is 2.88. The SMILES string of the molecule is Cc1ccn2cc(CNC(=O)/C=C/c3ccc(-c4ccccc4)cc3)nc2c1. The molecule has 138 valence electrons. The highest BCUT2D eigenvalue weighted by atomic mass is 16.1. The largest absolute Gasteiger partial charge is 0.347 e. The van der Waals surface area contributed by atoms with Crippen LogP contribution in [0.15, 0.2) is 85.2 Å². The number of aryl methyl sites for hydroxylation is 1. The van der Waals surface area contributed by atoms with Crippen molar-refractivity contribution in [3.63, 3.8) is 0 Å². The molecule has 0 aliphatic carbocycles. The molecule has 0 radical (unpaired) electrons. The van der Waals surface area contributed by atoms with Gasteiger partial charge in [-0.2, -0.15) is 0 Å². The van der Waals surface area contributed by atoms with Crippen LogP contribution in [-0.4, -0.2) is 15.3 Å². The molecule has 0 spiro atoms. The van der Waals surface area contributed by atoms with Gasteiger partial charge in [0, 0.05) is 18.5 Å². The lowest BCUT2D eigenvalue weighted by Gasteiger charge is -2.02. The van der Waals surface area contributed by atoms with Gasteiger partial charge in [0.25, 0.3) is 0 Å². The maximum atomic E-state index is 12.1. The molecule has 4 heteroatoms. The molecule has 0 aliphatic heterocycles. The summed E-state index contributed by atoms with van der Waals surface area (Å²) in [6.45, 7) is 2.43. The second-order valence-electron chi connectivity index (χ2n) is 6.74. The van der Waals surface area contributed by atoms with E-state index in [-0.39, 0.29) is 5.91 Å². The fraction of sp³-hybridized carbons (Fsp3) is 0.0833. The molecule has 4 nitrogen and oxygen atoms in total. The van der Waals surface area contributed by atoms with Gasteiger partial charge in [-0.05, 0) is 47.4 Å². The number of imidazole rings is 1. The number of pyridine rings is 1. The number of carbonyl (C=O) groups excluding carboxylic acids is 1. The minimum Gasteiger partial charge on any atom is -0.347 e. The summed E-state index contributed by atoms with van der Waals surface area (Å²) in [4.78, 5) is 16.6. The van der Waals surface area contributed by atoms with E-state index in [1.807, 2.05) is 72.3 Å². The summed E-state index contributed by atoms with van der Waals surface area (Å²) in [7, 11) is 0. The first-order valence-electron chi connectivity index (χ1n) is 9.23. The predicted molar refractivity (Wildman–Crippen MR) is 113 cm³/mol. The van der Waals surface area contributed by atoms with Crippen LogP contribution >= 0.6 is 0 Å². The normalized spacial score (nSPS) is 11.2. The number of fused-ring (bicyclic) bond motifs is 1. The van der Waals surface area contributed by atoms with Gasteiger partial charge in [0.05, 0.1) is 12.2 Å². The minimum atomic E-state index is -0.139. The molecule has 1 amide bonds. The van der Waals surface area contributed by atoms with Gasteiger partial charge in [-0.15, -0.1) is 0 Å². The molecule has 0 saturated carbocycles. The number of benzene rings is 2. The zero-order valence-electron chi connectivity index (χ0n) is 15.7. The predicted octanol–water partition coefficient (Wildman–Crippen LogP) is 4.64. The number of aromatic nitrogens is 2. The molecule has 4 rings (SSSR count). The van der Waals surface area contributed by atoms with Crippen LogP contribution in [0.5, 0.6) is 0 Å². The van der Waals surface area contributed by atoms with Crippen LogP contribution in [0.1, 0.15) is 16.8 Å². The van der Waals surface area contributed by atoms with E-state index in [0.29, 0.717) is 6.54 Å². The third-order valence-electron chi connectivity index (χ3n) is 4.55. The van der Waals surface area contributed by atoms with E-state index in [9.17, 15) is 4.79 Å². The number of carbonyl (C=O) groups is 1. The highest BCUT2D eigenvalue weighted by molar-refractivity contribution is 5.91. The Bertz CT molecular complexity index is 1130. The molecule has 1 N–H and O–H groups in total. The first-order valence-corrected chi connectivity index (χ1v) is 9.23. The number of nitrogens with zero attached hydrogens (tertiary/aromatic N) is 2. The molecule has 0 saturated heterocycles. The molecule has 28 heavy (non-hydrogen) atoms. The molecular weight excluding hydrogens is 346 g/mol. The van der Waals surface area contributed by atoms with Gasteiger partial charge < -0.3 is 9.72 Å². The Balaban J connectivity index is 1.35. The van der Waals surface area contributed by atoms with Crippen molar-refractivity contribution in [2.24, 2.45) is 0 Å². The van der Waals surface area contributed by atoms with E-state index in [2.05, 4.69) is 34.6 Å². The van der Waals surface area contributed by atoms with Gasteiger partial charge in [-0.25, -0.2) is 4.98 Å². The summed E-state index contributed by atoms with van der Waals surface area (Å²) in [5.74, 6) is -0.139. The summed E-state index contributed by atoms with van der Waals surface area (Å²) in [5.41, 5.74) is 6.20. The number of hydrogen-bond acceptors (Lipinski definition) is 2. The molecule has 0 atom stereocenters. The Kier molecular flexibility index (Phi) is 5.02. The van der Waals surface area contributed by atoms with Crippen molar-refractivity contribution < 1.29 is 4.79 Å². The van der Waals surface area contributed by atoms with Crippen molar-refractivity contribution in [3.05, 3.63) is 102 Å². The Morgan fingerprint density at radius 3 is 2.57 bits per heavy atom. The van der Waals surface area contributed by atoms with Gasteiger partial charge in [0.15, 0.2) is 0 Å². The molecule has 4 aromatic rings. The maximum Gasteiger partial charge on any atom is 0.244 e. The van der Waals surface area contributed by atoms with E-state index < -0.39 is 0 Å². The first-order chi connectivity index (χ1) is 13.7. The third-order valence-corrected chi connectivity index (χ3v) is 4.55. The topological polar surface area (TPSA) is 46.4 Å².